The van der Waals surface area contributed by atoms with Gasteiger partial charge in [-0.2, -0.15) is 5.10 Å². The van der Waals surface area contributed by atoms with Crippen LogP contribution in [0.25, 0.3) is 16.9 Å². The first-order valence-electron chi connectivity index (χ1n) is 6.18. The average Bonchev–Trinajstić information content (AvgIpc) is 3.05. The summed E-state index contributed by atoms with van der Waals surface area (Å²) in [4.78, 5) is 8.26. The molecule has 104 valence electrons. The fourth-order valence-electron chi connectivity index (χ4n) is 1.85. The molecule has 7 heteroatoms. The number of nitrogens with two attached hydrogens (primary N) is 1. The van der Waals surface area contributed by atoms with E-state index >= 15 is 0 Å². The minimum absolute atomic E-state index is 0.0838. The number of nitrogens with zero attached hydrogens (tertiary/aromatic N) is 5. The number of aromatic nitrogens is 4. The Morgan fingerprint density at radius 2 is 1.86 bits per heavy atom. The van der Waals surface area contributed by atoms with Crippen molar-refractivity contribution in [2.75, 3.05) is 0 Å². The van der Waals surface area contributed by atoms with Crippen LogP contribution >= 0.6 is 0 Å². The third-order valence-corrected chi connectivity index (χ3v) is 2.93. The topological polar surface area (TPSA) is 102 Å². The predicted octanol–water partition coefficient (Wildman–Crippen LogP) is 1.42. The maximum atomic E-state index is 8.58. The second-order valence-corrected chi connectivity index (χ2v) is 4.28. The van der Waals surface area contributed by atoms with Crippen molar-refractivity contribution in [3.05, 3.63) is 60.8 Å². The van der Waals surface area contributed by atoms with Gasteiger partial charge in [-0.3, -0.25) is 0 Å². The first-order valence-corrected chi connectivity index (χ1v) is 6.18. The van der Waals surface area contributed by atoms with Crippen molar-refractivity contribution >= 4 is 5.84 Å². The number of benzene rings is 1. The summed E-state index contributed by atoms with van der Waals surface area (Å²) in [5.74, 6) is 0.464. The maximum absolute atomic E-state index is 8.58. The Bertz CT molecular complexity index is 764. The molecule has 3 rings (SSSR count). The van der Waals surface area contributed by atoms with Gasteiger partial charge in [-0.25, -0.2) is 14.6 Å². The fourth-order valence-corrected chi connectivity index (χ4v) is 1.85. The maximum Gasteiger partial charge on any atom is 0.190 e. The van der Waals surface area contributed by atoms with E-state index < -0.39 is 0 Å². The van der Waals surface area contributed by atoms with E-state index in [2.05, 4.69) is 20.2 Å². The summed E-state index contributed by atoms with van der Waals surface area (Å²) >= 11 is 0. The third kappa shape index (κ3) is 2.57. The van der Waals surface area contributed by atoms with Gasteiger partial charge < -0.3 is 10.9 Å². The molecular formula is C14H12N6O. The predicted molar refractivity (Wildman–Crippen MR) is 77.1 cm³/mol. The molecule has 0 radical (unpaired) electrons. The lowest BCUT2D eigenvalue weighted by molar-refractivity contribution is 0.318. The van der Waals surface area contributed by atoms with Crippen molar-refractivity contribution in [2.24, 2.45) is 10.9 Å². The van der Waals surface area contributed by atoms with Gasteiger partial charge in [0, 0.05) is 11.8 Å². The Morgan fingerprint density at radius 1 is 1.05 bits per heavy atom. The lowest BCUT2D eigenvalue weighted by Crippen LogP contribution is -2.15. The summed E-state index contributed by atoms with van der Waals surface area (Å²) in [6, 6.07) is 9.92. The number of rotatable bonds is 3. The fraction of sp³-hybridized carbons (Fsp3) is 0. The van der Waals surface area contributed by atoms with Crippen molar-refractivity contribution < 1.29 is 5.21 Å². The molecule has 7 nitrogen and oxygen atoms in total. The zero-order chi connectivity index (χ0) is 14.7. The van der Waals surface area contributed by atoms with Crippen molar-refractivity contribution in [1.82, 2.24) is 19.7 Å². The number of hydrogen-bond acceptors (Lipinski definition) is 5. The highest BCUT2D eigenvalue weighted by atomic mass is 16.4. The minimum Gasteiger partial charge on any atom is -0.409 e. The molecule has 21 heavy (non-hydrogen) atoms. The average molecular weight is 280 g/mol. The molecule has 0 aliphatic heterocycles. The standard InChI is InChI=1S/C14H12N6O/c15-14(19-21)12-7-17-13(8-16-12)20-9-11(6-18-20)10-4-2-1-3-5-10/h1-9,21H,(H2,15,19). The van der Waals surface area contributed by atoms with Crippen LogP contribution in [0.5, 0.6) is 0 Å². The molecular weight excluding hydrogens is 268 g/mol. The number of hydrogen-bond donors (Lipinski definition) is 2. The van der Waals surface area contributed by atoms with E-state index in [1.807, 2.05) is 36.5 Å². The molecule has 0 atom stereocenters. The van der Waals surface area contributed by atoms with Gasteiger partial charge in [0.25, 0.3) is 0 Å². The highest BCUT2D eigenvalue weighted by molar-refractivity contribution is 5.94. The molecule has 0 bridgehead atoms. The monoisotopic (exact) mass is 280 g/mol. The zero-order valence-corrected chi connectivity index (χ0v) is 11.0. The van der Waals surface area contributed by atoms with Crippen LogP contribution in [-0.2, 0) is 0 Å². The van der Waals surface area contributed by atoms with Gasteiger partial charge >= 0.3 is 0 Å². The van der Waals surface area contributed by atoms with E-state index in [4.69, 9.17) is 10.9 Å². The van der Waals surface area contributed by atoms with E-state index in [9.17, 15) is 0 Å². The van der Waals surface area contributed by atoms with E-state index in [1.54, 1.807) is 10.9 Å². The van der Waals surface area contributed by atoms with Gasteiger partial charge in [0.15, 0.2) is 11.7 Å². The summed E-state index contributed by atoms with van der Waals surface area (Å²) in [6.45, 7) is 0. The van der Waals surface area contributed by atoms with Crippen molar-refractivity contribution in [3.63, 3.8) is 0 Å². The molecule has 2 heterocycles. The molecule has 2 aromatic heterocycles. The van der Waals surface area contributed by atoms with Gasteiger partial charge in [-0.15, -0.1) is 0 Å². The van der Waals surface area contributed by atoms with E-state index in [-0.39, 0.29) is 5.84 Å². The van der Waals surface area contributed by atoms with E-state index in [0.717, 1.165) is 11.1 Å². The molecule has 0 saturated heterocycles. The summed E-state index contributed by atoms with van der Waals surface area (Å²) in [5, 5.41) is 15.7. The van der Waals surface area contributed by atoms with E-state index in [0.29, 0.717) is 11.5 Å². The molecule has 1 aromatic carbocycles. The quantitative estimate of drug-likeness (QED) is 0.327. The lowest BCUT2D eigenvalue weighted by atomic mass is 10.1. The van der Waals surface area contributed by atoms with Crippen LogP contribution in [0, 0.1) is 0 Å². The van der Waals surface area contributed by atoms with E-state index in [1.165, 1.54) is 12.4 Å². The van der Waals surface area contributed by atoms with Gasteiger partial charge in [0.1, 0.15) is 5.69 Å². The Labute approximate surface area is 120 Å². The smallest absolute Gasteiger partial charge is 0.190 e. The van der Waals surface area contributed by atoms with Crippen LogP contribution in [0.4, 0.5) is 0 Å². The van der Waals surface area contributed by atoms with Crippen molar-refractivity contribution in [2.45, 2.75) is 0 Å². The molecule has 0 spiro atoms. The first kappa shape index (κ1) is 12.8. The van der Waals surface area contributed by atoms with Gasteiger partial charge in [-0.1, -0.05) is 35.5 Å². The van der Waals surface area contributed by atoms with Crippen LogP contribution in [0.15, 0.2) is 60.3 Å². The largest absolute Gasteiger partial charge is 0.409 e. The van der Waals surface area contributed by atoms with Gasteiger partial charge in [-0.05, 0) is 5.56 Å². The summed E-state index contributed by atoms with van der Waals surface area (Å²) < 4.78 is 1.62. The lowest BCUT2D eigenvalue weighted by Gasteiger charge is -2.01. The Hall–Kier alpha value is -3.22. The summed E-state index contributed by atoms with van der Waals surface area (Å²) in [5.41, 5.74) is 7.80. The Balaban J connectivity index is 1.90. The summed E-state index contributed by atoms with van der Waals surface area (Å²) in [7, 11) is 0. The molecule has 0 unspecified atom stereocenters. The van der Waals surface area contributed by atoms with Crippen LogP contribution < -0.4 is 5.73 Å². The molecule has 3 aromatic rings. The molecule has 0 aliphatic rings. The highest BCUT2D eigenvalue weighted by Crippen LogP contribution is 2.18. The highest BCUT2D eigenvalue weighted by Gasteiger charge is 2.06. The van der Waals surface area contributed by atoms with Crippen LogP contribution in [0.3, 0.4) is 0 Å². The van der Waals surface area contributed by atoms with Crippen LogP contribution in [-0.4, -0.2) is 30.8 Å². The molecule has 0 saturated carbocycles. The van der Waals surface area contributed by atoms with Crippen LogP contribution in [0.2, 0.25) is 0 Å². The second kappa shape index (κ2) is 5.41. The van der Waals surface area contributed by atoms with Gasteiger partial charge in [0.2, 0.25) is 0 Å². The SMILES string of the molecule is NC(=NO)c1cnc(-n2cc(-c3ccccc3)cn2)cn1. The zero-order valence-electron chi connectivity index (χ0n) is 11.0. The van der Waals surface area contributed by atoms with Crippen molar-refractivity contribution in [3.8, 4) is 16.9 Å². The van der Waals surface area contributed by atoms with Crippen molar-refractivity contribution in [1.29, 1.82) is 0 Å². The minimum atomic E-state index is -0.0838. The molecule has 3 N–H and O–H groups in total. The molecule has 0 aliphatic carbocycles. The number of oxime groups is 1. The number of amidine groups is 1. The Morgan fingerprint density at radius 3 is 2.52 bits per heavy atom. The van der Waals surface area contributed by atoms with Crippen LogP contribution in [0.1, 0.15) is 5.69 Å². The Kier molecular flexibility index (Phi) is 3.30. The normalized spacial score (nSPS) is 11.5. The molecule has 0 amide bonds. The summed E-state index contributed by atoms with van der Waals surface area (Å²) in [6.07, 6.45) is 6.56. The molecule has 0 fully saturated rings. The first-order chi connectivity index (χ1) is 10.3. The van der Waals surface area contributed by atoms with Gasteiger partial charge in [0.05, 0.1) is 18.6 Å². The second-order valence-electron chi connectivity index (χ2n) is 4.28. The third-order valence-electron chi connectivity index (χ3n) is 2.93.